The molecule has 2 heterocycles. The number of carbonyl (C=O) groups excluding carboxylic acids is 1. The molecule has 5 nitrogen and oxygen atoms in total. The number of rotatable bonds is 7. The average molecular weight is 287 g/mol. The first-order valence-corrected chi connectivity index (χ1v) is 7.22. The van der Waals surface area contributed by atoms with Crippen molar-refractivity contribution in [1.82, 2.24) is 10.3 Å². The van der Waals surface area contributed by atoms with Crippen LogP contribution >= 0.6 is 0 Å². The third kappa shape index (κ3) is 4.63. The number of aromatic nitrogens is 1. The second-order valence-electron chi connectivity index (χ2n) is 5.02. The number of hydrogen-bond acceptors (Lipinski definition) is 4. The van der Waals surface area contributed by atoms with Gasteiger partial charge in [0.1, 0.15) is 11.6 Å². The summed E-state index contributed by atoms with van der Waals surface area (Å²) in [4.78, 5) is 16.3. The van der Waals surface area contributed by atoms with Gasteiger partial charge in [-0.05, 0) is 37.6 Å². The molecule has 0 aliphatic heterocycles. The molecule has 0 radical (unpaired) electrons. The molecular formula is C16H21N3O2. The molecule has 5 heteroatoms. The van der Waals surface area contributed by atoms with Crippen LogP contribution in [0.15, 0.2) is 41.1 Å². The summed E-state index contributed by atoms with van der Waals surface area (Å²) in [5.41, 5.74) is 0.559. The molecule has 0 fully saturated rings. The molecule has 21 heavy (non-hydrogen) atoms. The predicted octanol–water partition coefficient (Wildman–Crippen LogP) is 2.86. The fourth-order valence-corrected chi connectivity index (χ4v) is 1.97. The highest BCUT2D eigenvalue weighted by molar-refractivity contribution is 5.94. The van der Waals surface area contributed by atoms with Crippen LogP contribution in [0.4, 0.5) is 5.82 Å². The maximum absolute atomic E-state index is 12.1. The van der Waals surface area contributed by atoms with E-state index in [0.717, 1.165) is 24.5 Å². The molecule has 1 atom stereocenters. The first-order chi connectivity index (χ1) is 10.2. The number of carbonyl (C=O) groups is 1. The van der Waals surface area contributed by atoms with Gasteiger partial charge in [-0.2, -0.15) is 0 Å². The summed E-state index contributed by atoms with van der Waals surface area (Å²) >= 11 is 0. The van der Waals surface area contributed by atoms with E-state index in [0.29, 0.717) is 12.0 Å². The van der Waals surface area contributed by atoms with E-state index < -0.39 is 0 Å². The van der Waals surface area contributed by atoms with Crippen LogP contribution < -0.4 is 10.6 Å². The van der Waals surface area contributed by atoms with Crippen molar-refractivity contribution < 1.29 is 9.21 Å². The Labute approximate surface area is 124 Å². The lowest BCUT2D eigenvalue weighted by molar-refractivity contribution is 0.0939. The monoisotopic (exact) mass is 287 g/mol. The third-order valence-electron chi connectivity index (χ3n) is 3.05. The van der Waals surface area contributed by atoms with E-state index in [2.05, 4.69) is 22.5 Å². The number of pyridine rings is 1. The molecule has 1 unspecified atom stereocenters. The maximum Gasteiger partial charge on any atom is 0.253 e. The van der Waals surface area contributed by atoms with E-state index in [1.165, 1.54) is 0 Å². The molecule has 0 aliphatic rings. The van der Waals surface area contributed by atoms with E-state index in [9.17, 15) is 4.79 Å². The first-order valence-electron chi connectivity index (χ1n) is 7.22. The molecule has 0 aliphatic carbocycles. The maximum atomic E-state index is 12.1. The fourth-order valence-electron chi connectivity index (χ4n) is 1.97. The van der Waals surface area contributed by atoms with E-state index >= 15 is 0 Å². The summed E-state index contributed by atoms with van der Waals surface area (Å²) in [6.07, 6.45) is 4.93. The highest BCUT2D eigenvalue weighted by Gasteiger charge is 2.11. The van der Waals surface area contributed by atoms with Crippen molar-refractivity contribution >= 4 is 11.7 Å². The summed E-state index contributed by atoms with van der Waals surface area (Å²) in [7, 11) is 0. The number of nitrogens with one attached hydrogen (secondary N) is 2. The zero-order valence-electron chi connectivity index (χ0n) is 12.4. The van der Waals surface area contributed by atoms with Gasteiger partial charge < -0.3 is 15.1 Å². The van der Waals surface area contributed by atoms with Crippen LogP contribution in [0.5, 0.6) is 0 Å². The average Bonchev–Trinajstić information content (AvgIpc) is 2.98. The first kappa shape index (κ1) is 15.1. The minimum atomic E-state index is -0.122. The molecule has 1 amide bonds. The second-order valence-corrected chi connectivity index (χ2v) is 5.02. The minimum Gasteiger partial charge on any atom is -0.469 e. The van der Waals surface area contributed by atoms with Gasteiger partial charge >= 0.3 is 0 Å². The molecule has 0 saturated heterocycles. The van der Waals surface area contributed by atoms with E-state index in [1.807, 2.05) is 25.1 Å². The minimum absolute atomic E-state index is 0.00143. The van der Waals surface area contributed by atoms with Crippen LogP contribution in [0.25, 0.3) is 0 Å². The Kier molecular flexibility index (Phi) is 5.37. The molecule has 2 N–H and O–H groups in total. The molecule has 2 aromatic heterocycles. The van der Waals surface area contributed by atoms with Gasteiger partial charge in [-0.1, -0.05) is 6.92 Å². The van der Waals surface area contributed by atoms with Crippen LogP contribution in [0.1, 0.15) is 36.4 Å². The fraction of sp³-hybridized carbons (Fsp3) is 0.375. The van der Waals surface area contributed by atoms with Crippen molar-refractivity contribution in [3.63, 3.8) is 0 Å². The lowest BCUT2D eigenvalue weighted by Gasteiger charge is -2.12. The highest BCUT2D eigenvalue weighted by Crippen LogP contribution is 2.07. The molecule has 0 aromatic carbocycles. The van der Waals surface area contributed by atoms with Gasteiger partial charge in [-0.3, -0.25) is 4.79 Å². The number of anilines is 1. The molecule has 2 aromatic rings. The van der Waals surface area contributed by atoms with E-state index in [1.54, 1.807) is 18.5 Å². The van der Waals surface area contributed by atoms with Crippen LogP contribution in [0, 0.1) is 0 Å². The standard InChI is InChI=1S/C16H21N3O2/c1-3-8-17-15-7-6-13(11-18-15)16(20)19-12(2)10-14-5-4-9-21-14/h4-7,9,11-12H,3,8,10H2,1-2H3,(H,17,18)(H,19,20). The number of amides is 1. The lowest BCUT2D eigenvalue weighted by Crippen LogP contribution is -2.34. The second kappa shape index (κ2) is 7.47. The van der Waals surface area contributed by atoms with E-state index in [4.69, 9.17) is 4.42 Å². The van der Waals surface area contributed by atoms with Crippen molar-refractivity contribution in [1.29, 1.82) is 0 Å². The SMILES string of the molecule is CCCNc1ccc(C(=O)NC(C)Cc2ccco2)cn1. The summed E-state index contributed by atoms with van der Waals surface area (Å²) in [5.74, 6) is 1.53. The largest absolute Gasteiger partial charge is 0.469 e. The van der Waals surface area contributed by atoms with Crippen molar-refractivity contribution in [2.45, 2.75) is 32.7 Å². The quantitative estimate of drug-likeness (QED) is 0.821. The summed E-state index contributed by atoms with van der Waals surface area (Å²) in [6.45, 7) is 4.92. The zero-order valence-corrected chi connectivity index (χ0v) is 12.4. The molecule has 112 valence electrons. The Bertz CT molecular complexity index is 549. The number of furan rings is 1. The normalized spacial score (nSPS) is 11.9. The zero-order chi connectivity index (χ0) is 15.1. The number of hydrogen-bond donors (Lipinski definition) is 2. The Hall–Kier alpha value is -2.30. The smallest absolute Gasteiger partial charge is 0.253 e. The van der Waals surface area contributed by atoms with Gasteiger partial charge in [0.05, 0.1) is 11.8 Å². The summed E-state index contributed by atoms with van der Waals surface area (Å²) in [5, 5.41) is 6.11. The molecular weight excluding hydrogens is 266 g/mol. The molecule has 0 spiro atoms. The Morgan fingerprint density at radius 2 is 2.24 bits per heavy atom. The van der Waals surface area contributed by atoms with Gasteiger partial charge in [0, 0.05) is 25.2 Å². The van der Waals surface area contributed by atoms with Gasteiger partial charge in [0.15, 0.2) is 0 Å². The molecule has 0 bridgehead atoms. The molecule has 2 rings (SSSR count). The topological polar surface area (TPSA) is 67.2 Å². The van der Waals surface area contributed by atoms with Crippen LogP contribution in [0.3, 0.4) is 0 Å². The lowest BCUT2D eigenvalue weighted by atomic mass is 10.2. The summed E-state index contributed by atoms with van der Waals surface area (Å²) in [6, 6.07) is 7.34. The van der Waals surface area contributed by atoms with Gasteiger partial charge in [0.2, 0.25) is 0 Å². The van der Waals surface area contributed by atoms with Crippen LogP contribution in [-0.4, -0.2) is 23.5 Å². The highest BCUT2D eigenvalue weighted by atomic mass is 16.3. The van der Waals surface area contributed by atoms with Crippen molar-refractivity contribution in [2.24, 2.45) is 0 Å². The van der Waals surface area contributed by atoms with Gasteiger partial charge in [0.25, 0.3) is 5.91 Å². The Morgan fingerprint density at radius 3 is 2.86 bits per heavy atom. The van der Waals surface area contributed by atoms with E-state index in [-0.39, 0.29) is 11.9 Å². The third-order valence-corrected chi connectivity index (χ3v) is 3.05. The Morgan fingerprint density at radius 1 is 1.38 bits per heavy atom. The van der Waals surface area contributed by atoms with Gasteiger partial charge in [-0.25, -0.2) is 4.98 Å². The Balaban J connectivity index is 1.87. The summed E-state index contributed by atoms with van der Waals surface area (Å²) < 4.78 is 5.27. The van der Waals surface area contributed by atoms with Crippen molar-refractivity contribution in [3.05, 3.63) is 48.0 Å². The van der Waals surface area contributed by atoms with Crippen molar-refractivity contribution in [3.8, 4) is 0 Å². The van der Waals surface area contributed by atoms with Crippen LogP contribution in [0.2, 0.25) is 0 Å². The van der Waals surface area contributed by atoms with Crippen molar-refractivity contribution in [2.75, 3.05) is 11.9 Å². The van der Waals surface area contributed by atoms with Crippen LogP contribution in [-0.2, 0) is 6.42 Å². The van der Waals surface area contributed by atoms with Gasteiger partial charge in [-0.15, -0.1) is 0 Å². The number of nitrogens with zero attached hydrogens (tertiary/aromatic N) is 1. The molecule has 0 saturated carbocycles. The predicted molar refractivity (Wildman–Crippen MR) is 82.4 cm³/mol.